The van der Waals surface area contributed by atoms with Crippen molar-refractivity contribution in [3.63, 3.8) is 0 Å². The van der Waals surface area contributed by atoms with Crippen LogP contribution >= 0.6 is 11.3 Å². The van der Waals surface area contributed by atoms with E-state index in [1.165, 1.54) is 4.88 Å². The zero-order chi connectivity index (χ0) is 18.6. The van der Waals surface area contributed by atoms with Gasteiger partial charge in [-0.1, -0.05) is 18.2 Å². The summed E-state index contributed by atoms with van der Waals surface area (Å²) in [6, 6.07) is 12.4. The zero-order valence-electron chi connectivity index (χ0n) is 15.6. The molecule has 4 rings (SSSR count). The Balaban J connectivity index is 1.25. The maximum atomic E-state index is 12.5. The molecular weight excluding hydrogens is 358 g/mol. The van der Waals surface area contributed by atoms with Gasteiger partial charge in [-0.2, -0.15) is 0 Å². The minimum Gasteiger partial charge on any atom is -0.336 e. The molecule has 2 amide bonds. The monoisotopic (exact) mass is 383 g/mol. The van der Waals surface area contributed by atoms with Crippen molar-refractivity contribution in [2.24, 2.45) is 0 Å². The second kappa shape index (κ2) is 8.10. The molecule has 7 heteroatoms. The van der Waals surface area contributed by atoms with Crippen LogP contribution in [-0.2, 0) is 13.1 Å². The lowest BCUT2D eigenvalue weighted by atomic mass is 10.3. The van der Waals surface area contributed by atoms with Crippen LogP contribution in [0.3, 0.4) is 0 Å². The minimum atomic E-state index is 0.0350. The molecule has 3 aromatic rings. The topological polar surface area (TPSA) is 53.4 Å². The van der Waals surface area contributed by atoms with Gasteiger partial charge in [-0.3, -0.25) is 4.90 Å². The molecule has 0 saturated carbocycles. The molecule has 142 valence electrons. The second-order valence-electron chi connectivity index (χ2n) is 6.87. The first-order valence-corrected chi connectivity index (χ1v) is 10.3. The molecule has 0 unspecified atom stereocenters. The fourth-order valence-corrected chi connectivity index (χ4v) is 4.34. The number of para-hydroxylation sites is 2. The van der Waals surface area contributed by atoms with Gasteiger partial charge in [-0.15, -0.1) is 11.3 Å². The Morgan fingerprint density at radius 2 is 1.96 bits per heavy atom. The molecule has 0 aliphatic carbocycles. The molecule has 1 aliphatic rings. The number of rotatable bonds is 5. The summed E-state index contributed by atoms with van der Waals surface area (Å²) >= 11 is 1.79. The first kappa shape index (κ1) is 18.0. The van der Waals surface area contributed by atoms with Gasteiger partial charge in [0.2, 0.25) is 0 Å². The van der Waals surface area contributed by atoms with Gasteiger partial charge >= 0.3 is 6.03 Å². The molecule has 1 aromatic carbocycles. The SMILES string of the molecule is Cc1nc2ccccc2n1CCNC(=O)N1CCN(Cc2cccs2)CC1. The van der Waals surface area contributed by atoms with Crippen molar-refractivity contribution in [2.75, 3.05) is 32.7 Å². The van der Waals surface area contributed by atoms with Crippen LogP contribution in [0.25, 0.3) is 11.0 Å². The second-order valence-corrected chi connectivity index (χ2v) is 7.91. The Kier molecular flexibility index (Phi) is 5.40. The maximum Gasteiger partial charge on any atom is 0.317 e. The van der Waals surface area contributed by atoms with E-state index in [2.05, 4.69) is 43.3 Å². The Morgan fingerprint density at radius 1 is 1.15 bits per heavy atom. The van der Waals surface area contributed by atoms with E-state index in [4.69, 9.17) is 0 Å². The molecule has 1 aliphatic heterocycles. The quantitative estimate of drug-likeness (QED) is 0.737. The van der Waals surface area contributed by atoms with Crippen LogP contribution in [-0.4, -0.2) is 58.1 Å². The fourth-order valence-electron chi connectivity index (χ4n) is 3.60. The van der Waals surface area contributed by atoms with Gasteiger partial charge in [0.15, 0.2) is 0 Å². The van der Waals surface area contributed by atoms with Crippen molar-refractivity contribution in [3.05, 3.63) is 52.5 Å². The summed E-state index contributed by atoms with van der Waals surface area (Å²) in [5.74, 6) is 0.979. The number of aryl methyl sites for hydroxylation is 1. The molecule has 0 bridgehead atoms. The number of benzene rings is 1. The number of carbonyl (C=O) groups is 1. The number of amides is 2. The van der Waals surface area contributed by atoms with Crippen LogP contribution in [0.1, 0.15) is 10.7 Å². The van der Waals surface area contributed by atoms with E-state index in [9.17, 15) is 4.79 Å². The third kappa shape index (κ3) is 4.14. The Labute approximate surface area is 163 Å². The normalized spacial score (nSPS) is 15.4. The molecule has 0 spiro atoms. The number of carbonyl (C=O) groups excluding carboxylic acids is 1. The average molecular weight is 384 g/mol. The van der Waals surface area contributed by atoms with E-state index in [1.807, 2.05) is 30.0 Å². The fraction of sp³-hybridized carbons (Fsp3) is 0.400. The van der Waals surface area contributed by atoms with E-state index in [0.29, 0.717) is 6.54 Å². The number of nitrogens with zero attached hydrogens (tertiary/aromatic N) is 4. The highest BCUT2D eigenvalue weighted by Crippen LogP contribution is 2.15. The molecule has 3 heterocycles. The number of hydrogen-bond donors (Lipinski definition) is 1. The van der Waals surface area contributed by atoms with E-state index < -0.39 is 0 Å². The highest BCUT2D eigenvalue weighted by Gasteiger charge is 2.21. The largest absolute Gasteiger partial charge is 0.336 e. The van der Waals surface area contributed by atoms with Gasteiger partial charge in [-0.05, 0) is 30.5 Å². The Morgan fingerprint density at radius 3 is 2.74 bits per heavy atom. The van der Waals surface area contributed by atoms with Crippen molar-refractivity contribution in [1.82, 2.24) is 24.7 Å². The van der Waals surface area contributed by atoms with E-state index in [-0.39, 0.29) is 6.03 Å². The summed E-state index contributed by atoms with van der Waals surface area (Å²) < 4.78 is 2.16. The highest BCUT2D eigenvalue weighted by molar-refractivity contribution is 7.09. The molecule has 1 N–H and O–H groups in total. The summed E-state index contributed by atoms with van der Waals surface area (Å²) in [6.45, 7) is 7.75. The highest BCUT2D eigenvalue weighted by atomic mass is 32.1. The predicted molar refractivity (Wildman–Crippen MR) is 109 cm³/mol. The van der Waals surface area contributed by atoms with Crippen LogP contribution < -0.4 is 5.32 Å². The number of nitrogens with one attached hydrogen (secondary N) is 1. The molecule has 0 radical (unpaired) electrons. The summed E-state index contributed by atoms with van der Waals surface area (Å²) in [5, 5.41) is 5.18. The number of piperazine rings is 1. The molecular formula is C20H25N5OS. The van der Waals surface area contributed by atoms with Crippen LogP contribution in [0.2, 0.25) is 0 Å². The molecule has 2 aromatic heterocycles. The van der Waals surface area contributed by atoms with E-state index >= 15 is 0 Å². The van der Waals surface area contributed by atoms with Gasteiger partial charge in [0.1, 0.15) is 5.82 Å². The van der Waals surface area contributed by atoms with Crippen molar-refractivity contribution in [2.45, 2.75) is 20.0 Å². The predicted octanol–water partition coefficient (Wildman–Crippen LogP) is 2.93. The number of imidazole rings is 1. The first-order chi connectivity index (χ1) is 13.2. The number of aromatic nitrogens is 2. The van der Waals surface area contributed by atoms with Gasteiger partial charge in [0, 0.05) is 50.7 Å². The average Bonchev–Trinajstić information content (AvgIpc) is 3.30. The lowest BCUT2D eigenvalue weighted by Crippen LogP contribution is -2.51. The van der Waals surface area contributed by atoms with Gasteiger partial charge < -0.3 is 14.8 Å². The molecule has 6 nitrogen and oxygen atoms in total. The third-order valence-corrected chi connectivity index (χ3v) is 5.94. The standard InChI is InChI=1S/C20H25N5OS/c1-16-22-18-6-2-3-7-19(18)25(16)9-8-21-20(26)24-12-10-23(11-13-24)15-17-5-4-14-27-17/h2-7,14H,8-13,15H2,1H3,(H,21,26). The number of urea groups is 1. The van der Waals surface area contributed by atoms with Crippen molar-refractivity contribution in [3.8, 4) is 0 Å². The summed E-state index contributed by atoms with van der Waals surface area (Å²) in [5.41, 5.74) is 2.12. The van der Waals surface area contributed by atoms with Crippen LogP contribution in [0.4, 0.5) is 4.79 Å². The van der Waals surface area contributed by atoms with Crippen molar-refractivity contribution < 1.29 is 4.79 Å². The van der Waals surface area contributed by atoms with Gasteiger partial charge in [0.05, 0.1) is 11.0 Å². The maximum absolute atomic E-state index is 12.5. The van der Waals surface area contributed by atoms with Gasteiger partial charge in [-0.25, -0.2) is 9.78 Å². The molecule has 0 atom stereocenters. The van der Waals surface area contributed by atoms with E-state index in [1.54, 1.807) is 11.3 Å². The van der Waals surface area contributed by atoms with Crippen LogP contribution in [0.15, 0.2) is 41.8 Å². The summed E-state index contributed by atoms with van der Waals surface area (Å²) in [7, 11) is 0. The van der Waals surface area contributed by atoms with Crippen molar-refractivity contribution in [1.29, 1.82) is 0 Å². The van der Waals surface area contributed by atoms with Gasteiger partial charge in [0.25, 0.3) is 0 Å². The lowest BCUT2D eigenvalue weighted by molar-refractivity contribution is 0.136. The summed E-state index contributed by atoms with van der Waals surface area (Å²) in [4.78, 5) is 22.8. The Hall–Kier alpha value is -2.38. The molecule has 27 heavy (non-hydrogen) atoms. The summed E-state index contributed by atoms with van der Waals surface area (Å²) in [6.07, 6.45) is 0. The van der Waals surface area contributed by atoms with E-state index in [0.717, 1.165) is 56.1 Å². The lowest BCUT2D eigenvalue weighted by Gasteiger charge is -2.34. The molecule has 1 fully saturated rings. The molecule has 1 saturated heterocycles. The third-order valence-electron chi connectivity index (χ3n) is 5.08. The number of hydrogen-bond acceptors (Lipinski definition) is 4. The van der Waals surface area contributed by atoms with Crippen molar-refractivity contribution >= 4 is 28.4 Å². The zero-order valence-corrected chi connectivity index (χ0v) is 16.4. The minimum absolute atomic E-state index is 0.0350. The smallest absolute Gasteiger partial charge is 0.317 e. The first-order valence-electron chi connectivity index (χ1n) is 9.40. The van der Waals surface area contributed by atoms with Crippen LogP contribution in [0.5, 0.6) is 0 Å². The number of thiophene rings is 1. The Bertz CT molecular complexity index is 896. The number of fused-ring (bicyclic) bond motifs is 1. The van der Waals surface area contributed by atoms with Crippen LogP contribution in [0, 0.1) is 6.92 Å².